The Kier molecular flexibility index (Phi) is 5.48. The molecule has 29 heavy (non-hydrogen) atoms. The van der Waals surface area contributed by atoms with Crippen molar-refractivity contribution < 1.29 is 24.1 Å². The van der Waals surface area contributed by atoms with E-state index in [1.807, 2.05) is 0 Å². The zero-order valence-electron chi connectivity index (χ0n) is 15.3. The van der Waals surface area contributed by atoms with E-state index < -0.39 is 5.97 Å². The van der Waals surface area contributed by atoms with Crippen LogP contribution in [0.3, 0.4) is 0 Å². The van der Waals surface area contributed by atoms with E-state index in [-0.39, 0.29) is 37.8 Å². The minimum absolute atomic E-state index is 0.00574. The van der Waals surface area contributed by atoms with Gasteiger partial charge in [0.15, 0.2) is 12.5 Å². The number of hydrogen-bond donors (Lipinski definition) is 1. The smallest absolute Gasteiger partial charge is 0.359 e. The van der Waals surface area contributed by atoms with Crippen molar-refractivity contribution in [1.82, 2.24) is 9.78 Å². The van der Waals surface area contributed by atoms with Crippen LogP contribution in [-0.2, 0) is 29.2 Å². The lowest BCUT2D eigenvalue weighted by Crippen LogP contribution is -2.27. The maximum absolute atomic E-state index is 12.8. The lowest BCUT2D eigenvalue weighted by atomic mass is 10.1. The Morgan fingerprint density at radius 3 is 2.86 bits per heavy atom. The third-order valence-corrected chi connectivity index (χ3v) is 4.70. The highest BCUT2D eigenvalue weighted by molar-refractivity contribution is 6.30. The molecule has 0 amide bonds. The Hall–Kier alpha value is -2.94. The molecule has 0 saturated carbocycles. The van der Waals surface area contributed by atoms with Gasteiger partial charge in [-0.15, -0.1) is 0 Å². The van der Waals surface area contributed by atoms with E-state index >= 15 is 0 Å². The van der Waals surface area contributed by atoms with Gasteiger partial charge < -0.3 is 19.3 Å². The lowest BCUT2D eigenvalue weighted by Gasteiger charge is -2.21. The molecule has 8 nitrogen and oxygen atoms in total. The predicted molar refractivity (Wildman–Crippen MR) is 104 cm³/mol. The molecule has 0 radical (unpaired) electrons. The van der Waals surface area contributed by atoms with Gasteiger partial charge in [-0.25, -0.2) is 9.48 Å². The first-order valence-corrected chi connectivity index (χ1v) is 9.26. The van der Waals surface area contributed by atoms with Crippen molar-refractivity contribution in [1.29, 1.82) is 0 Å². The van der Waals surface area contributed by atoms with Gasteiger partial charge in [-0.05, 0) is 18.2 Å². The third kappa shape index (κ3) is 3.82. The van der Waals surface area contributed by atoms with Crippen LogP contribution in [0.5, 0.6) is 5.75 Å². The van der Waals surface area contributed by atoms with Gasteiger partial charge in [0.25, 0.3) is 5.56 Å². The Morgan fingerprint density at radius 1 is 1.28 bits per heavy atom. The molecule has 0 fully saturated rings. The number of carbonyl (C=O) groups excluding carboxylic acids is 1. The highest BCUT2D eigenvalue weighted by atomic mass is 35.5. The topological polar surface area (TPSA) is 99.9 Å². The van der Waals surface area contributed by atoms with Gasteiger partial charge in [0.05, 0.1) is 25.1 Å². The third-order valence-electron chi connectivity index (χ3n) is 4.48. The molecule has 0 aliphatic carbocycles. The molecule has 2 aromatic carbocycles. The molecule has 1 aromatic heterocycles. The van der Waals surface area contributed by atoms with Crippen molar-refractivity contribution >= 4 is 28.3 Å². The first-order valence-electron chi connectivity index (χ1n) is 8.88. The highest BCUT2D eigenvalue weighted by Crippen LogP contribution is 2.32. The molecule has 9 heteroatoms. The summed E-state index contributed by atoms with van der Waals surface area (Å²) in [4.78, 5) is 25.3. The average molecular weight is 417 g/mol. The van der Waals surface area contributed by atoms with Gasteiger partial charge in [0, 0.05) is 21.5 Å². The normalized spacial score (nSPS) is 13.0. The predicted octanol–water partition coefficient (Wildman–Crippen LogP) is 2.27. The molecular weight excluding hydrogens is 400 g/mol. The van der Waals surface area contributed by atoms with Crippen molar-refractivity contribution in [2.45, 2.75) is 19.8 Å². The number of benzene rings is 2. The average Bonchev–Trinajstić information content (AvgIpc) is 2.74. The molecule has 0 atom stereocenters. The zero-order valence-corrected chi connectivity index (χ0v) is 16.0. The molecule has 0 spiro atoms. The fourth-order valence-electron chi connectivity index (χ4n) is 3.21. The SMILES string of the molecule is O=C(OCc1cc(Cl)cc2c1OCOC2)c1nn(CCO)c(=O)c2ccccc12. The van der Waals surface area contributed by atoms with Crippen LogP contribution in [0.2, 0.25) is 5.02 Å². The molecular formula is C20H17ClN2O6. The summed E-state index contributed by atoms with van der Waals surface area (Å²) >= 11 is 6.14. The van der Waals surface area contributed by atoms with Crippen molar-refractivity contribution in [3.8, 4) is 5.75 Å². The number of carbonyl (C=O) groups is 1. The van der Waals surface area contributed by atoms with Gasteiger partial charge in [-0.1, -0.05) is 29.8 Å². The van der Waals surface area contributed by atoms with Crippen LogP contribution in [0.15, 0.2) is 41.2 Å². The second-order valence-electron chi connectivity index (χ2n) is 6.39. The summed E-state index contributed by atoms with van der Waals surface area (Å²) in [6, 6.07) is 10.0. The summed E-state index contributed by atoms with van der Waals surface area (Å²) in [7, 11) is 0. The summed E-state index contributed by atoms with van der Waals surface area (Å²) in [5.41, 5.74) is 0.990. The first kappa shape index (κ1) is 19.4. The largest absolute Gasteiger partial charge is 0.467 e. The van der Waals surface area contributed by atoms with E-state index in [1.54, 1.807) is 36.4 Å². The first-order chi connectivity index (χ1) is 14.1. The van der Waals surface area contributed by atoms with Crippen LogP contribution in [0.25, 0.3) is 10.8 Å². The van der Waals surface area contributed by atoms with Crippen molar-refractivity contribution in [2.75, 3.05) is 13.4 Å². The minimum Gasteiger partial charge on any atom is -0.467 e. The van der Waals surface area contributed by atoms with Crippen molar-refractivity contribution in [3.05, 3.63) is 68.6 Å². The van der Waals surface area contributed by atoms with Crippen molar-refractivity contribution in [2.24, 2.45) is 0 Å². The summed E-state index contributed by atoms with van der Waals surface area (Å²) in [5, 5.41) is 14.5. The van der Waals surface area contributed by atoms with Crippen molar-refractivity contribution in [3.63, 3.8) is 0 Å². The Bertz CT molecular complexity index is 1140. The summed E-state index contributed by atoms with van der Waals surface area (Å²) in [5.74, 6) is -0.120. The number of esters is 1. The maximum Gasteiger partial charge on any atom is 0.359 e. The fraction of sp³-hybridized carbons (Fsp3) is 0.250. The summed E-state index contributed by atoms with van der Waals surface area (Å²) in [6.45, 7) is 0.0628. The van der Waals surface area contributed by atoms with Gasteiger partial charge in [-0.2, -0.15) is 5.10 Å². The number of fused-ring (bicyclic) bond motifs is 2. The second-order valence-corrected chi connectivity index (χ2v) is 6.82. The van der Waals surface area contributed by atoms with Crippen LogP contribution in [-0.4, -0.2) is 34.3 Å². The molecule has 1 aliphatic heterocycles. The van der Waals surface area contributed by atoms with E-state index in [4.69, 9.17) is 25.8 Å². The van der Waals surface area contributed by atoms with E-state index in [0.29, 0.717) is 33.7 Å². The van der Waals surface area contributed by atoms with Gasteiger partial charge in [-0.3, -0.25) is 4.79 Å². The number of nitrogens with zero attached hydrogens (tertiary/aromatic N) is 2. The summed E-state index contributed by atoms with van der Waals surface area (Å²) < 4.78 is 17.3. The van der Waals surface area contributed by atoms with Crippen LogP contribution in [0.4, 0.5) is 0 Å². The molecule has 2 heterocycles. The molecule has 150 valence electrons. The van der Waals surface area contributed by atoms with Crippen LogP contribution in [0, 0.1) is 0 Å². The van der Waals surface area contributed by atoms with E-state index in [1.165, 1.54) is 0 Å². The zero-order chi connectivity index (χ0) is 20.4. The Balaban J connectivity index is 1.66. The van der Waals surface area contributed by atoms with Gasteiger partial charge >= 0.3 is 5.97 Å². The molecule has 0 saturated heterocycles. The number of hydrogen-bond acceptors (Lipinski definition) is 7. The number of ether oxygens (including phenoxy) is 3. The molecule has 3 aromatic rings. The molecule has 0 bridgehead atoms. The quantitative estimate of drug-likeness (QED) is 0.637. The van der Waals surface area contributed by atoms with Crippen LogP contribution < -0.4 is 10.3 Å². The Labute approximate surface area is 170 Å². The van der Waals surface area contributed by atoms with E-state index in [9.17, 15) is 14.7 Å². The monoisotopic (exact) mass is 416 g/mol. The minimum atomic E-state index is -0.700. The second kappa shape index (κ2) is 8.20. The fourth-order valence-corrected chi connectivity index (χ4v) is 3.47. The number of halogens is 1. The molecule has 1 N–H and O–H groups in total. The lowest BCUT2D eigenvalue weighted by molar-refractivity contribution is -0.0180. The molecule has 0 unspecified atom stereocenters. The van der Waals surface area contributed by atoms with Gasteiger partial charge in [0.1, 0.15) is 12.4 Å². The number of aliphatic hydroxyl groups excluding tert-OH is 1. The molecule has 4 rings (SSSR count). The molecule has 1 aliphatic rings. The van der Waals surface area contributed by atoms with Crippen LogP contribution >= 0.6 is 11.6 Å². The number of rotatable bonds is 5. The standard InChI is InChI=1S/C20H17ClN2O6/c21-14-7-12-9-27-11-29-18(12)13(8-14)10-28-20(26)17-15-3-1-2-4-16(15)19(25)23(22-17)5-6-24/h1-4,7-8,24H,5-6,9-11H2. The Morgan fingerprint density at radius 2 is 2.07 bits per heavy atom. The van der Waals surface area contributed by atoms with E-state index in [0.717, 1.165) is 10.2 Å². The summed E-state index contributed by atoms with van der Waals surface area (Å²) in [6.07, 6.45) is 0. The van der Waals surface area contributed by atoms with Crippen LogP contribution in [0.1, 0.15) is 21.6 Å². The number of aromatic nitrogens is 2. The number of aliphatic hydroxyl groups is 1. The highest BCUT2D eigenvalue weighted by Gasteiger charge is 2.21. The van der Waals surface area contributed by atoms with E-state index in [2.05, 4.69) is 5.10 Å². The maximum atomic E-state index is 12.8. The van der Waals surface area contributed by atoms with Gasteiger partial charge in [0.2, 0.25) is 0 Å².